The zero-order chi connectivity index (χ0) is 23.4. The Hall–Kier alpha value is -2.14. The summed E-state index contributed by atoms with van der Waals surface area (Å²) in [6.07, 6.45) is -3.39. The number of hydrogen-bond acceptors (Lipinski definition) is 6. The third-order valence-corrected chi connectivity index (χ3v) is 5.86. The van der Waals surface area contributed by atoms with E-state index in [-0.39, 0.29) is 11.3 Å². The topological polar surface area (TPSA) is 96.1 Å². The number of amides is 1. The number of aliphatic carboxylic acids is 1. The van der Waals surface area contributed by atoms with Crippen molar-refractivity contribution in [2.45, 2.75) is 59.3 Å². The number of halogens is 3. The van der Waals surface area contributed by atoms with Crippen LogP contribution in [-0.4, -0.2) is 77.0 Å². The van der Waals surface area contributed by atoms with Crippen LogP contribution in [0.1, 0.15) is 43.7 Å². The van der Waals surface area contributed by atoms with Crippen molar-refractivity contribution in [1.82, 2.24) is 15.0 Å². The van der Waals surface area contributed by atoms with E-state index in [2.05, 4.69) is 23.9 Å². The predicted octanol–water partition coefficient (Wildman–Crippen LogP) is 2.77. The van der Waals surface area contributed by atoms with Crippen LogP contribution < -0.4 is 0 Å². The minimum Gasteiger partial charge on any atom is -0.475 e. The second kappa shape index (κ2) is 9.99. The van der Waals surface area contributed by atoms with Gasteiger partial charge in [-0.15, -0.1) is 0 Å². The first-order chi connectivity index (χ1) is 14.4. The fourth-order valence-electron chi connectivity index (χ4n) is 3.91. The van der Waals surface area contributed by atoms with Gasteiger partial charge in [0.2, 0.25) is 5.91 Å². The van der Waals surface area contributed by atoms with Crippen molar-refractivity contribution in [1.29, 1.82) is 0 Å². The predicted molar refractivity (Wildman–Crippen MR) is 104 cm³/mol. The molecule has 2 aliphatic heterocycles. The van der Waals surface area contributed by atoms with Gasteiger partial charge in [-0.3, -0.25) is 9.69 Å². The standard InChI is InChI=1S/C18H29N3O3.C2HF3O2/c1-5-13(2)20-6-7-23-12-18(10-20)8-17(22)21(11-18)9-16-14(3)19-24-15(16)4;3-2(4,5)1(6)7/h13H,5-12H2,1-4H3;(H,6,7). The van der Waals surface area contributed by atoms with Gasteiger partial charge >= 0.3 is 12.1 Å². The molecular weight excluding hydrogens is 419 g/mol. The smallest absolute Gasteiger partial charge is 0.475 e. The fourth-order valence-corrected chi connectivity index (χ4v) is 3.91. The van der Waals surface area contributed by atoms with Crippen molar-refractivity contribution in [3.63, 3.8) is 0 Å². The van der Waals surface area contributed by atoms with Gasteiger partial charge in [-0.2, -0.15) is 13.2 Å². The van der Waals surface area contributed by atoms with Gasteiger partial charge in [-0.05, 0) is 27.2 Å². The van der Waals surface area contributed by atoms with Crippen molar-refractivity contribution in [3.05, 3.63) is 17.0 Å². The lowest BCUT2D eigenvalue weighted by atomic mass is 9.87. The highest BCUT2D eigenvalue weighted by atomic mass is 19.4. The van der Waals surface area contributed by atoms with Crippen LogP contribution in [0.15, 0.2) is 4.52 Å². The second-order valence-corrected chi connectivity index (χ2v) is 8.31. The molecule has 176 valence electrons. The van der Waals surface area contributed by atoms with Gasteiger partial charge in [0.15, 0.2) is 0 Å². The largest absolute Gasteiger partial charge is 0.490 e. The summed E-state index contributed by atoms with van der Waals surface area (Å²) in [5, 5.41) is 11.1. The SMILES string of the molecule is CCC(C)N1CCOCC2(CC(=O)N(Cc3c(C)noc3C)C2)C1.O=C(O)C(F)(F)F. The molecule has 3 rings (SSSR count). The Morgan fingerprint density at radius 2 is 1.97 bits per heavy atom. The molecule has 1 amide bonds. The molecule has 0 aliphatic carbocycles. The molecule has 1 N–H and O–H groups in total. The van der Waals surface area contributed by atoms with E-state index >= 15 is 0 Å². The highest BCUT2D eigenvalue weighted by molar-refractivity contribution is 5.79. The van der Waals surface area contributed by atoms with Gasteiger partial charge < -0.3 is 19.3 Å². The lowest BCUT2D eigenvalue weighted by Gasteiger charge is -2.34. The molecule has 2 unspecified atom stereocenters. The molecule has 2 atom stereocenters. The minimum absolute atomic E-state index is 0.0873. The number of likely N-dealkylation sites (tertiary alicyclic amines) is 1. The first-order valence-electron chi connectivity index (χ1n) is 10.2. The average Bonchev–Trinajstić information content (AvgIpc) is 3.06. The van der Waals surface area contributed by atoms with Crippen LogP contribution in [0.3, 0.4) is 0 Å². The first kappa shape index (κ1) is 25.1. The number of carbonyl (C=O) groups is 2. The molecule has 2 fully saturated rings. The van der Waals surface area contributed by atoms with Crippen LogP contribution >= 0.6 is 0 Å². The zero-order valence-electron chi connectivity index (χ0n) is 18.3. The Labute approximate surface area is 179 Å². The van der Waals surface area contributed by atoms with E-state index in [0.29, 0.717) is 25.6 Å². The summed E-state index contributed by atoms with van der Waals surface area (Å²) in [4.78, 5) is 26.0. The number of aromatic nitrogens is 1. The van der Waals surface area contributed by atoms with E-state index in [9.17, 15) is 18.0 Å². The van der Waals surface area contributed by atoms with Crippen LogP contribution in [-0.2, 0) is 20.9 Å². The Morgan fingerprint density at radius 1 is 1.32 bits per heavy atom. The number of carboxylic acids is 1. The normalized spacial score (nSPS) is 23.5. The number of hydrogen-bond donors (Lipinski definition) is 1. The first-order valence-corrected chi connectivity index (χ1v) is 10.2. The average molecular weight is 449 g/mol. The van der Waals surface area contributed by atoms with E-state index in [0.717, 1.165) is 49.7 Å². The van der Waals surface area contributed by atoms with Crippen molar-refractivity contribution in [2.75, 3.05) is 32.8 Å². The molecule has 1 spiro atoms. The molecule has 0 saturated carbocycles. The third kappa shape index (κ3) is 6.42. The summed E-state index contributed by atoms with van der Waals surface area (Å²) >= 11 is 0. The van der Waals surface area contributed by atoms with Gasteiger partial charge in [0, 0.05) is 43.1 Å². The lowest BCUT2D eigenvalue weighted by Crippen LogP contribution is -2.44. The van der Waals surface area contributed by atoms with E-state index in [1.807, 2.05) is 18.7 Å². The number of aryl methyl sites for hydroxylation is 2. The lowest BCUT2D eigenvalue weighted by molar-refractivity contribution is -0.192. The number of nitrogens with zero attached hydrogens (tertiary/aromatic N) is 3. The number of rotatable bonds is 4. The van der Waals surface area contributed by atoms with Crippen molar-refractivity contribution in [2.24, 2.45) is 5.41 Å². The summed E-state index contributed by atoms with van der Waals surface area (Å²) in [5.74, 6) is -1.74. The summed E-state index contributed by atoms with van der Waals surface area (Å²) < 4.78 is 42.9. The van der Waals surface area contributed by atoms with Crippen molar-refractivity contribution < 1.29 is 37.1 Å². The van der Waals surface area contributed by atoms with Gasteiger partial charge in [-0.1, -0.05) is 12.1 Å². The van der Waals surface area contributed by atoms with Gasteiger partial charge in [0.05, 0.1) is 25.5 Å². The molecule has 0 aromatic carbocycles. The molecule has 1 aromatic heterocycles. The molecule has 2 aliphatic rings. The Morgan fingerprint density at radius 3 is 2.48 bits per heavy atom. The quantitative estimate of drug-likeness (QED) is 0.755. The fraction of sp³-hybridized carbons (Fsp3) is 0.750. The second-order valence-electron chi connectivity index (χ2n) is 8.31. The maximum atomic E-state index is 12.7. The van der Waals surface area contributed by atoms with Crippen molar-refractivity contribution >= 4 is 11.9 Å². The highest BCUT2D eigenvalue weighted by Crippen LogP contribution is 2.36. The van der Waals surface area contributed by atoms with Gasteiger partial charge in [0.1, 0.15) is 5.76 Å². The Kier molecular flexibility index (Phi) is 8.09. The van der Waals surface area contributed by atoms with E-state index in [4.69, 9.17) is 19.2 Å². The molecule has 0 radical (unpaired) electrons. The molecule has 8 nitrogen and oxygen atoms in total. The Balaban J connectivity index is 0.000000423. The highest BCUT2D eigenvalue weighted by Gasteiger charge is 2.46. The summed E-state index contributed by atoms with van der Waals surface area (Å²) in [5.41, 5.74) is 1.82. The van der Waals surface area contributed by atoms with Gasteiger partial charge in [-0.25, -0.2) is 4.79 Å². The summed E-state index contributed by atoms with van der Waals surface area (Å²) in [7, 11) is 0. The van der Waals surface area contributed by atoms with Crippen LogP contribution in [0.4, 0.5) is 13.2 Å². The summed E-state index contributed by atoms with van der Waals surface area (Å²) in [6, 6.07) is 0.523. The molecule has 11 heteroatoms. The zero-order valence-corrected chi connectivity index (χ0v) is 18.3. The minimum atomic E-state index is -5.08. The van der Waals surface area contributed by atoms with Crippen LogP contribution in [0, 0.1) is 19.3 Å². The Bertz CT molecular complexity index is 763. The van der Waals surface area contributed by atoms with Crippen LogP contribution in [0.2, 0.25) is 0 Å². The van der Waals surface area contributed by atoms with Gasteiger partial charge in [0.25, 0.3) is 0 Å². The van der Waals surface area contributed by atoms with E-state index in [1.165, 1.54) is 0 Å². The molecule has 1 aromatic rings. The van der Waals surface area contributed by atoms with E-state index in [1.54, 1.807) is 0 Å². The maximum Gasteiger partial charge on any atom is 0.490 e. The monoisotopic (exact) mass is 449 g/mol. The molecule has 31 heavy (non-hydrogen) atoms. The number of ether oxygens (including phenoxy) is 1. The van der Waals surface area contributed by atoms with Crippen LogP contribution in [0.5, 0.6) is 0 Å². The molecule has 2 saturated heterocycles. The summed E-state index contributed by atoms with van der Waals surface area (Å²) in [6.45, 7) is 13.0. The van der Waals surface area contributed by atoms with Crippen molar-refractivity contribution in [3.8, 4) is 0 Å². The molecule has 3 heterocycles. The molecule has 0 bridgehead atoms. The maximum absolute atomic E-state index is 12.7. The number of carbonyl (C=O) groups excluding carboxylic acids is 1. The number of alkyl halides is 3. The van der Waals surface area contributed by atoms with Crippen LogP contribution in [0.25, 0.3) is 0 Å². The third-order valence-electron chi connectivity index (χ3n) is 5.86. The van der Waals surface area contributed by atoms with E-state index < -0.39 is 12.1 Å². The molecular formula is C20H30F3N3O5. The number of carboxylic acid groups (broad SMARTS) is 1.